The Morgan fingerprint density at radius 3 is 3.00 bits per heavy atom. The molecule has 0 radical (unpaired) electrons. The van der Waals surface area contributed by atoms with Gasteiger partial charge in [-0.2, -0.15) is 0 Å². The summed E-state index contributed by atoms with van der Waals surface area (Å²) >= 11 is 0. The molecule has 1 aliphatic carbocycles. The molecule has 0 amide bonds. The van der Waals surface area contributed by atoms with Crippen LogP contribution in [0.25, 0.3) is 0 Å². The topological polar surface area (TPSA) is 57.4 Å². The van der Waals surface area contributed by atoms with Crippen molar-refractivity contribution in [3.63, 3.8) is 0 Å². The molecule has 0 aliphatic heterocycles. The molecule has 1 aromatic rings. The van der Waals surface area contributed by atoms with Gasteiger partial charge in [0.1, 0.15) is 0 Å². The predicted octanol–water partition coefficient (Wildman–Crippen LogP) is 0.0933. The zero-order valence-corrected chi connectivity index (χ0v) is 8.76. The Labute approximate surface area is 89.5 Å². The van der Waals surface area contributed by atoms with E-state index in [1.807, 2.05) is 22.9 Å². The second-order valence-electron chi connectivity index (χ2n) is 4.14. The first-order chi connectivity index (χ1) is 7.29. The molecule has 15 heavy (non-hydrogen) atoms. The predicted molar refractivity (Wildman–Crippen MR) is 57.4 cm³/mol. The summed E-state index contributed by atoms with van der Waals surface area (Å²) in [5.74, 6) is 0. The highest BCUT2D eigenvalue weighted by molar-refractivity contribution is 5.07. The molecule has 1 saturated carbocycles. The molecule has 84 valence electrons. The van der Waals surface area contributed by atoms with Crippen molar-refractivity contribution in [3.05, 3.63) is 24.0 Å². The maximum Gasteiger partial charge on any atom is 0.0949 e. The maximum absolute atomic E-state index is 9.35. The Hall–Kier alpha value is -0.840. The highest BCUT2D eigenvalue weighted by atomic mass is 16.3. The summed E-state index contributed by atoms with van der Waals surface area (Å²) in [5, 5.41) is 21.6. The van der Waals surface area contributed by atoms with E-state index in [4.69, 9.17) is 5.11 Å². The van der Waals surface area contributed by atoms with Crippen molar-refractivity contribution in [3.8, 4) is 0 Å². The highest BCUT2D eigenvalue weighted by Gasteiger charge is 2.20. The maximum atomic E-state index is 9.35. The van der Waals surface area contributed by atoms with Crippen LogP contribution < -0.4 is 5.32 Å². The van der Waals surface area contributed by atoms with Crippen molar-refractivity contribution in [2.24, 2.45) is 0 Å². The van der Waals surface area contributed by atoms with Crippen molar-refractivity contribution in [1.29, 1.82) is 0 Å². The van der Waals surface area contributed by atoms with Crippen LogP contribution in [0.2, 0.25) is 0 Å². The van der Waals surface area contributed by atoms with Crippen molar-refractivity contribution in [1.82, 2.24) is 9.88 Å². The van der Waals surface area contributed by atoms with E-state index in [1.54, 1.807) is 0 Å². The normalized spacial score (nSPS) is 18.0. The molecule has 1 atom stereocenters. The number of hydrogen-bond donors (Lipinski definition) is 3. The Balaban J connectivity index is 1.88. The zero-order valence-electron chi connectivity index (χ0n) is 8.76. The fourth-order valence-corrected chi connectivity index (χ4v) is 1.61. The first kappa shape index (κ1) is 10.7. The molecule has 1 aromatic heterocycles. The number of nitrogens with one attached hydrogen (secondary N) is 1. The van der Waals surface area contributed by atoms with Crippen LogP contribution in [-0.2, 0) is 13.1 Å². The molecule has 0 saturated heterocycles. The summed E-state index contributed by atoms with van der Waals surface area (Å²) in [6.07, 6.45) is 3.82. The van der Waals surface area contributed by atoms with Crippen molar-refractivity contribution >= 4 is 0 Å². The summed E-state index contributed by atoms with van der Waals surface area (Å²) in [6, 6.07) is 4.70. The summed E-state index contributed by atoms with van der Waals surface area (Å²) < 4.78 is 1.98. The Morgan fingerprint density at radius 1 is 1.53 bits per heavy atom. The van der Waals surface area contributed by atoms with Gasteiger partial charge >= 0.3 is 0 Å². The van der Waals surface area contributed by atoms with Crippen LogP contribution in [0, 0.1) is 0 Å². The van der Waals surface area contributed by atoms with Crippen molar-refractivity contribution in [2.45, 2.75) is 38.1 Å². The van der Waals surface area contributed by atoms with Gasteiger partial charge in [0.25, 0.3) is 0 Å². The number of hydrogen-bond acceptors (Lipinski definition) is 3. The monoisotopic (exact) mass is 210 g/mol. The quantitative estimate of drug-likeness (QED) is 0.624. The smallest absolute Gasteiger partial charge is 0.0949 e. The average Bonchev–Trinajstić information content (AvgIpc) is 2.97. The lowest BCUT2D eigenvalue weighted by atomic mass is 10.3. The Morgan fingerprint density at radius 2 is 2.33 bits per heavy atom. The summed E-state index contributed by atoms with van der Waals surface area (Å²) in [5.41, 5.74) is 1.16. The van der Waals surface area contributed by atoms with Gasteiger partial charge in [0.2, 0.25) is 0 Å². The van der Waals surface area contributed by atoms with Gasteiger partial charge in [-0.15, -0.1) is 0 Å². The number of nitrogens with zero attached hydrogens (tertiary/aromatic N) is 1. The van der Waals surface area contributed by atoms with Crippen molar-refractivity contribution in [2.75, 3.05) is 6.61 Å². The molecule has 1 fully saturated rings. The third-order valence-corrected chi connectivity index (χ3v) is 2.69. The van der Waals surface area contributed by atoms with Crippen LogP contribution in [0.4, 0.5) is 0 Å². The molecular weight excluding hydrogens is 192 g/mol. The molecule has 2 rings (SSSR count). The number of aliphatic hydroxyl groups excluding tert-OH is 2. The molecule has 1 aliphatic rings. The van der Waals surface area contributed by atoms with E-state index in [2.05, 4.69) is 5.32 Å². The van der Waals surface area contributed by atoms with Gasteiger partial charge in [0.05, 0.1) is 19.3 Å². The first-order valence-electron chi connectivity index (χ1n) is 5.46. The molecular formula is C11H18N2O2. The number of aromatic nitrogens is 1. The van der Waals surface area contributed by atoms with Gasteiger partial charge in [-0.05, 0) is 25.0 Å². The second-order valence-corrected chi connectivity index (χ2v) is 4.14. The third-order valence-electron chi connectivity index (χ3n) is 2.69. The molecule has 0 bridgehead atoms. The van der Waals surface area contributed by atoms with Crippen LogP contribution >= 0.6 is 0 Å². The zero-order chi connectivity index (χ0) is 10.7. The van der Waals surface area contributed by atoms with Crippen LogP contribution in [0.5, 0.6) is 0 Å². The molecule has 4 heteroatoms. The minimum atomic E-state index is -0.669. The van der Waals surface area contributed by atoms with Gasteiger partial charge in [-0.3, -0.25) is 0 Å². The van der Waals surface area contributed by atoms with E-state index in [0.717, 1.165) is 12.2 Å². The van der Waals surface area contributed by atoms with E-state index in [-0.39, 0.29) is 6.61 Å². The lowest BCUT2D eigenvalue weighted by Crippen LogP contribution is -2.23. The van der Waals surface area contributed by atoms with E-state index in [0.29, 0.717) is 12.6 Å². The number of aliphatic hydroxyl groups is 2. The molecule has 1 heterocycles. The van der Waals surface area contributed by atoms with Gasteiger partial charge in [-0.25, -0.2) is 0 Å². The van der Waals surface area contributed by atoms with Crippen molar-refractivity contribution < 1.29 is 10.2 Å². The van der Waals surface area contributed by atoms with Gasteiger partial charge in [0, 0.05) is 24.5 Å². The fourth-order valence-electron chi connectivity index (χ4n) is 1.61. The largest absolute Gasteiger partial charge is 0.394 e. The molecule has 3 N–H and O–H groups in total. The van der Waals surface area contributed by atoms with E-state index >= 15 is 0 Å². The Bertz CT molecular complexity index is 307. The van der Waals surface area contributed by atoms with E-state index in [9.17, 15) is 5.11 Å². The van der Waals surface area contributed by atoms with Gasteiger partial charge in [0.15, 0.2) is 0 Å². The summed E-state index contributed by atoms with van der Waals surface area (Å²) in [4.78, 5) is 0. The first-order valence-corrected chi connectivity index (χ1v) is 5.46. The molecule has 0 aromatic carbocycles. The molecule has 0 spiro atoms. The van der Waals surface area contributed by atoms with Crippen LogP contribution in [0.1, 0.15) is 18.5 Å². The molecule has 1 unspecified atom stereocenters. The second kappa shape index (κ2) is 4.79. The van der Waals surface area contributed by atoms with Crippen LogP contribution in [0.15, 0.2) is 18.3 Å². The summed E-state index contributed by atoms with van der Waals surface area (Å²) in [6.45, 7) is 1.12. The van der Waals surface area contributed by atoms with Crippen LogP contribution in [-0.4, -0.2) is 33.5 Å². The average molecular weight is 210 g/mol. The lowest BCUT2D eigenvalue weighted by molar-refractivity contribution is 0.0806. The highest BCUT2D eigenvalue weighted by Crippen LogP contribution is 2.19. The SMILES string of the molecule is OCC(O)Cn1cccc1CNC1CC1. The minimum absolute atomic E-state index is 0.187. The third kappa shape index (κ3) is 3.06. The lowest BCUT2D eigenvalue weighted by Gasteiger charge is -2.12. The van der Waals surface area contributed by atoms with E-state index in [1.165, 1.54) is 12.8 Å². The van der Waals surface area contributed by atoms with E-state index < -0.39 is 6.10 Å². The standard InChI is InChI=1S/C11H18N2O2/c14-8-11(15)7-13-5-1-2-10(13)6-12-9-3-4-9/h1-2,5,9,11-12,14-15H,3-4,6-8H2. The van der Waals surface area contributed by atoms with Gasteiger partial charge < -0.3 is 20.1 Å². The Kier molecular flexibility index (Phi) is 3.41. The van der Waals surface area contributed by atoms with Gasteiger partial charge in [-0.1, -0.05) is 0 Å². The summed E-state index contributed by atoms with van der Waals surface area (Å²) in [7, 11) is 0. The fraction of sp³-hybridized carbons (Fsp3) is 0.636. The minimum Gasteiger partial charge on any atom is -0.394 e. The van der Waals surface area contributed by atoms with Crippen LogP contribution in [0.3, 0.4) is 0 Å². The number of rotatable bonds is 6. The molecule has 4 nitrogen and oxygen atoms in total.